The van der Waals surface area contributed by atoms with E-state index in [0.717, 1.165) is 19.3 Å². The minimum Gasteiger partial charge on any atom is -0.460 e. The number of Topliss-reactive ketones (excluding diaryl/α,β-unsaturated/α-hetero) is 1. The van der Waals surface area contributed by atoms with Gasteiger partial charge in [0.05, 0.1) is 28.7 Å². The summed E-state index contributed by atoms with van der Waals surface area (Å²) in [5.74, 6) is -2.88. The molecule has 3 fully saturated rings. The zero-order valence-corrected chi connectivity index (χ0v) is 24.9. The maximum absolute atomic E-state index is 13.8. The number of nitrogens with zero attached hydrogens (tertiary/aromatic N) is 1. The molecule has 0 bridgehead atoms. The van der Waals surface area contributed by atoms with Gasteiger partial charge in [-0.05, 0) is 72.1 Å². The Labute approximate surface area is 237 Å². The molecule has 0 radical (unpaired) electrons. The molecule has 0 aromatic rings. The Kier molecular flexibility index (Phi) is 8.58. The number of carbonyl (C=O) groups excluding carboxylic acids is 4. The molecule has 4 aliphatic rings. The van der Waals surface area contributed by atoms with Crippen LogP contribution in [-0.4, -0.2) is 71.0 Å². The molecule has 1 saturated heterocycles. The summed E-state index contributed by atoms with van der Waals surface area (Å²) >= 11 is 0. The van der Waals surface area contributed by atoms with Gasteiger partial charge in [-0.15, -0.1) is 0 Å². The van der Waals surface area contributed by atoms with Gasteiger partial charge in [0, 0.05) is 25.3 Å². The van der Waals surface area contributed by atoms with Crippen LogP contribution in [-0.2, 0) is 33.9 Å². The molecule has 5 atom stereocenters. The van der Waals surface area contributed by atoms with E-state index in [9.17, 15) is 32.7 Å². The minimum absolute atomic E-state index is 0.0324. The molecular weight excluding hydrogens is 536 g/mol. The standard InChI is InChI=1S/C29H44N2O8S/c1-27(2,3)39-24(34)14-19-10-8-6-5-7-9-11-20-16-29(20,26(36)30-40(37,38)28(4)12-13-28)17-23(33)22-15-21(32)18-31(22)25(19)35/h9,11,19-22,32H,5-8,10,12-18H2,1-4H3,(H,30,36)/b11-9-/t19-,20-,21-,22+,29-/m1/s1. The number of amides is 2. The average molecular weight is 581 g/mol. The molecule has 2 aliphatic carbocycles. The number of aliphatic hydroxyl groups is 1. The van der Waals surface area contributed by atoms with Crippen molar-refractivity contribution in [1.82, 2.24) is 9.62 Å². The lowest BCUT2D eigenvalue weighted by atomic mass is 9.90. The summed E-state index contributed by atoms with van der Waals surface area (Å²) in [6.45, 7) is 6.85. The molecule has 0 aromatic carbocycles. The highest BCUT2D eigenvalue weighted by molar-refractivity contribution is 7.91. The lowest BCUT2D eigenvalue weighted by Gasteiger charge is -2.29. The molecule has 0 spiro atoms. The number of sulfonamides is 1. The normalized spacial score (nSPS) is 33.6. The fourth-order valence-corrected chi connectivity index (χ4v) is 7.27. The monoisotopic (exact) mass is 580 g/mol. The van der Waals surface area contributed by atoms with Crippen molar-refractivity contribution in [2.24, 2.45) is 17.3 Å². The minimum atomic E-state index is -3.88. The van der Waals surface area contributed by atoms with Crippen molar-refractivity contribution in [2.45, 2.75) is 121 Å². The molecule has 2 heterocycles. The van der Waals surface area contributed by atoms with Crippen LogP contribution < -0.4 is 4.72 Å². The molecule has 2 aliphatic heterocycles. The van der Waals surface area contributed by atoms with E-state index in [2.05, 4.69) is 4.72 Å². The maximum Gasteiger partial charge on any atom is 0.307 e. The van der Waals surface area contributed by atoms with Crippen LogP contribution in [0.5, 0.6) is 0 Å². The average Bonchev–Trinajstić information content (AvgIpc) is 3.71. The van der Waals surface area contributed by atoms with Gasteiger partial charge in [-0.1, -0.05) is 25.0 Å². The fourth-order valence-electron chi connectivity index (χ4n) is 5.94. The van der Waals surface area contributed by atoms with Crippen molar-refractivity contribution in [3.63, 3.8) is 0 Å². The van der Waals surface area contributed by atoms with Crippen molar-refractivity contribution in [2.75, 3.05) is 6.54 Å². The molecule has 224 valence electrons. The Hall–Kier alpha value is -2.27. The number of carbonyl (C=O) groups is 4. The number of hydrogen-bond donors (Lipinski definition) is 2. The third-order valence-corrected chi connectivity index (χ3v) is 11.0. The van der Waals surface area contributed by atoms with Crippen molar-refractivity contribution in [3.8, 4) is 0 Å². The number of fused-ring (bicyclic) bond motifs is 2. The van der Waals surface area contributed by atoms with Gasteiger partial charge in [-0.25, -0.2) is 8.42 Å². The number of esters is 1. The molecule has 0 aromatic heterocycles. The van der Waals surface area contributed by atoms with E-state index in [0.29, 0.717) is 32.1 Å². The molecule has 2 amide bonds. The lowest BCUT2D eigenvalue weighted by molar-refractivity contribution is -0.159. The Balaban J connectivity index is 1.57. The molecule has 40 heavy (non-hydrogen) atoms. The van der Waals surface area contributed by atoms with Gasteiger partial charge in [0.1, 0.15) is 5.60 Å². The molecule has 10 nitrogen and oxygen atoms in total. The van der Waals surface area contributed by atoms with Gasteiger partial charge in [-0.2, -0.15) is 0 Å². The quantitative estimate of drug-likeness (QED) is 0.373. The van der Waals surface area contributed by atoms with Gasteiger partial charge in [0.15, 0.2) is 5.78 Å². The summed E-state index contributed by atoms with van der Waals surface area (Å²) < 4.78 is 32.4. The highest BCUT2D eigenvalue weighted by atomic mass is 32.2. The summed E-state index contributed by atoms with van der Waals surface area (Å²) in [6.07, 6.45) is 7.60. The van der Waals surface area contributed by atoms with Crippen molar-refractivity contribution in [1.29, 1.82) is 0 Å². The third-order valence-electron chi connectivity index (χ3n) is 8.81. The van der Waals surface area contributed by atoms with E-state index >= 15 is 0 Å². The van der Waals surface area contributed by atoms with E-state index in [1.54, 1.807) is 27.7 Å². The van der Waals surface area contributed by atoms with Gasteiger partial charge in [0.25, 0.3) is 0 Å². The van der Waals surface area contributed by atoms with Crippen LogP contribution in [0.1, 0.15) is 98.3 Å². The Bertz CT molecular complexity index is 1170. The van der Waals surface area contributed by atoms with Gasteiger partial charge in [-0.3, -0.25) is 23.9 Å². The van der Waals surface area contributed by atoms with E-state index < -0.39 is 55.7 Å². The number of allylic oxidation sites excluding steroid dienone is 2. The summed E-state index contributed by atoms with van der Waals surface area (Å²) in [7, 11) is -3.88. The molecule has 11 heteroatoms. The zero-order valence-electron chi connectivity index (χ0n) is 24.1. The van der Waals surface area contributed by atoms with Crippen molar-refractivity contribution in [3.05, 3.63) is 12.2 Å². The van der Waals surface area contributed by atoms with Crippen LogP contribution in [0.4, 0.5) is 0 Å². The number of hydrogen-bond acceptors (Lipinski definition) is 8. The van der Waals surface area contributed by atoms with E-state index in [1.807, 2.05) is 12.2 Å². The van der Waals surface area contributed by atoms with Gasteiger partial charge < -0.3 is 14.7 Å². The van der Waals surface area contributed by atoms with Crippen LogP contribution in [0, 0.1) is 17.3 Å². The molecular formula is C29H44N2O8S. The third kappa shape index (κ3) is 6.78. The Morgan fingerprint density at radius 3 is 2.52 bits per heavy atom. The first-order valence-corrected chi connectivity index (χ1v) is 16.0. The number of nitrogens with one attached hydrogen (secondary N) is 1. The highest BCUT2D eigenvalue weighted by Gasteiger charge is 2.62. The largest absolute Gasteiger partial charge is 0.460 e. The summed E-state index contributed by atoms with van der Waals surface area (Å²) in [4.78, 5) is 54.9. The highest BCUT2D eigenvalue weighted by Crippen LogP contribution is 2.57. The second kappa shape index (κ2) is 11.2. The van der Waals surface area contributed by atoms with Crippen molar-refractivity contribution < 1.29 is 37.4 Å². The Morgan fingerprint density at radius 2 is 1.88 bits per heavy atom. The number of ether oxygens (including phenoxy) is 1. The zero-order chi connectivity index (χ0) is 29.5. The molecule has 4 rings (SSSR count). The van der Waals surface area contributed by atoms with Crippen LogP contribution >= 0.6 is 0 Å². The molecule has 2 N–H and O–H groups in total. The van der Waals surface area contributed by atoms with E-state index in [-0.39, 0.29) is 43.4 Å². The molecule has 0 unspecified atom stereocenters. The first-order valence-electron chi connectivity index (χ1n) is 14.5. The second-order valence-corrected chi connectivity index (χ2v) is 15.6. The van der Waals surface area contributed by atoms with Crippen molar-refractivity contribution >= 4 is 33.6 Å². The fraction of sp³-hybridized carbons (Fsp3) is 0.793. The van der Waals surface area contributed by atoms with Gasteiger partial charge in [0.2, 0.25) is 21.8 Å². The number of rotatable bonds is 5. The van der Waals surface area contributed by atoms with Crippen LogP contribution in [0.3, 0.4) is 0 Å². The predicted octanol–water partition coefficient (Wildman–Crippen LogP) is 2.78. The lowest BCUT2D eigenvalue weighted by Crippen LogP contribution is -2.47. The van der Waals surface area contributed by atoms with Crippen LogP contribution in [0.15, 0.2) is 12.2 Å². The second-order valence-electron chi connectivity index (χ2n) is 13.4. The first kappa shape index (κ1) is 30.7. The summed E-state index contributed by atoms with van der Waals surface area (Å²) in [6, 6.07) is -0.943. The number of ketones is 1. The van der Waals surface area contributed by atoms with Gasteiger partial charge >= 0.3 is 5.97 Å². The first-order chi connectivity index (χ1) is 18.6. The summed E-state index contributed by atoms with van der Waals surface area (Å²) in [5, 5.41) is 10.5. The number of aliphatic hydroxyl groups excluding tert-OH is 1. The molecule has 2 saturated carbocycles. The van der Waals surface area contributed by atoms with E-state index in [1.165, 1.54) is 4.90 Å². The predicted molar refractivity (Wildman–Crippen MR) is 147 cm³/mol. The smallest absolute Gasteiger partial charge is 0.307 e. The van der Waals surface area contributed by atoms with Crippen LogP contribution in [0.2, 0.25) is 0 Å². The Morgan fingerprint density at radius 1 is 1.18 bits per heavy atom. The SMILES string of the molecule is CC(C)(C)OC(=O)C[C@H]1CCCCC/C=C\[C@@H]2C[C@@]2(C(=O)NS(=O)(=O)C2(C)CC2)CC(=O)[C@@H]2C[C@@H](O)CN2C1=O. The topological polar surface area (TPSA) is 147 Å². The van der Waals surface area contributed by atoms with Crippen LogP contribution in [0.25, 0.3) is 0 Å². The summed E-state index contributed by atoms with van der Waals surface area (Å²) in [5.41, 5.74) is -1.90. The van der Waals surface area contributed by atoms with E-state index in [4.69, 9.17) is 4.74 Å². The maximum atomic E-state index is 13.8.